The zero-order valence-electron chi connectivity index (χ0n) is 16.7. The first-order chi connectivity index (χ1) is 14.4. The van der Waals surface area contributed by atoms with Crippen LogP contribution in [0.4, 0.5) is 5.00 Å². The number of carbonyl (C=O) groups excluding carboxylic acids is 1. The van der Waals surface area contributed by atoms with E-state index in [-0.39, 0.29) is 16.9 Å². The van der Waals surface area contributed by atoms with Crippen molar-refractivity contribution in [1.82, 2.24) is 4.31 Å². The summed E-state index contributed by atoms with van der Waals surface area (Å²) >= 11 is 1.45. The molecule has 2 heterocycles. The Labute approximate surface area is 180 Å². The molecule has 1 atom stereocenters. The average molecular weight is 446 g/mol. The van der Waals surface area contributed by atoms with Crippen molar-refractivity contribution < 1.29 is 17.9 Å². The first-order valence-electron chi connectivity index (χ1n) is 9.94. The Kier molecular flexibility index (Phi) is 5.93. The summed E-state index contributed by atoms with van der Waals surface area (Å²) < 4.78 is 32.4. The van der Waals surface area contributed by atoms with Crippen LogP contribution in [0, 0.1) is 11.3 Å². The van der Waals surface area contributed by atoms with Crippen molar-refractivity contribution >= 4 is 32.3 Å². The molecule has 7 nitrogen and oxygen atoms in total. The topological polar surface area (TPSA) is 99.5 Å². The summed E-state index contributed by atoms with van der Waals surface area (Å²) in [5.74, 6) is -0.358. The van der Waals surface area contributed by atoms with Crippen LogP contribution in [0.15, 0.2) is 29.2 Å². The third kappa shape index (κ3) is 4.01. The summed E-state index contributed by atoms with van der Waals surface area (Å²) in [6, 6.07) is 8.08. The lowest BCUT2D eigenvalue weighted by atomic mass is 10.1. The van der Waals surface area contributed by atoms with Gasteiger partial charge in [-0.05, 0) is 61.9 Å². The number of likely N-dealkylation sites (N-methyl/N-ethyl adjacent to an activating group) is 1. The molecule has 1 amide bonds. The van der Waals surface area contributed by atoms with E-state index in [4.69, 9.17) is 4.74 Å². The number of carbonyl (C=O) groups is 1. The summed E-state index contributed by atoms with van der Waals surface area (Å²) in [5.41, 5.74) is 1.94. The number of benzene rings is 1. The molecule has 2 aliphatic rings. The van der Waals surface area contributed by atoms with E-state index < -0.39 is 10.0 Å². The number of nitrogens with zero attached hydrogens (tertiary/aromatic N) is 2. The zero-order valence-corrected chi connectivity index (χ0v) is 18.3. The molecule has 0 saturated carbocycles. The minimum atomic E-state index is -3.66. The van der Waals surface area contributed by atoms with Gasteiger partial charge in [-0.3, -0.25) is 4.79 Å². The molecule has 1 N–H and O–H groups in total. The highest BCUT2D eigenvalue weighted by Gasteiger charge is 2.27. The molecule has 1 aromatic heterocycles. The molecule has 158 valence electrons. The van der Waals surface area contributed by atoms with Gasteiger partial charge in [0.1, 0.15) is 11.1 Å². The number of nitriles is 1. The molecule has 0 radical (unpaired) electrons. The lowest BCUT2D eigenvalue weighted by molar-refractivity contribution is 0.0979. The second-order valence-corrected chi connectivity index (χ2v) is 10.7. The van der Waals surface area contributed by atoms with Gasteiger partial charge in [0.15, 0.2) is 0 Å². The molecule has 0 bridgehead atoms. The van der Waals surface area contributed by atoms with Crippen LogP contribution in [0.25, 0.3) is 0 Å². The van der Waals surface area contributed by atoms with Gasteiger partial charge in [-0.25, -0.2) is 8.42 Å². The van der Waals surface area contributed by atoms with E-state index in [0.29, 0.717) is 29.3 Å². The number of ether oxygens (including phenoxy) is 1. The average Bonchev–Trinajstić information content (AvgIpc) is 3.46. The molecule has 30 heavy (non-hydrogen) atoms. The quantitative estimate of drug-likeness (QED) is 0.736. The number of anilines is 1. The van der Waals surface area contributed by atoms with Crippen molar-refractivity contribution in [3.05, 3.63) is 45.8 Å². The molecule has 1 fully saturated rings. The zero-order chi connectivity index (χ0) is 21.3. The summed E-state index contributed by atoms with van der Waals surface area (Å²) in [7, 11) is -2.12. The lowest BCUT2D eigenvalue weighted by Crippen LogP contribution is -2.34. The fraction of sp³-hybridized carbons (Fsp3) is 0.429. The third-order valence-corrected chi connectivity index (χ3v) is 8.61. The van der Waals surface area contributed by atoms with Crippen molar-refractivity contribution in [2.45, 2.75) is 43.1 Å². The highest BCUT2D eigenvalue weighted by molar-refractivity contribution is 7.89. The predicted octanol–water partition coefficient (Wildman–Crippen LogP) is 3.16. The van der Waals surface area contributed by atoms with Gasteiger partial charge in [-0.15, -0.1) is 11.3 Å². The maximum Gasteiger partial charge on any atom is 0.256 e. The summed E-state index contributed by atoms with van der Waals surface area (Å²) in [6.07, 6.45) is 4.59. The molecule has 0 unspecified atom stereocenters. The van der Waals surface area contributed by atoms with E-state index in [1.807, 2.05) is 0 Å². The molecule has 1 saturated heterocycles. The highest BCUT2D eigenvalue weighted by atomic mass is 32.2. The second kappa shape index (κ2) is 8.47. The van der Waals surface area contributed by atoms with E-state index in [2.05, 4.69) is 11.4 Å². The fourth-order valence-corrected chi connectivity index (χ4v) is 6.35. The smallest absolute Gasteiger partial charge is 0.256 e. The van der Waals surface area contributed by atoms with Gasteiger partial charge in [0, 0.05) is 30.6 Å². The van der Waals surface area contributed by atoms with Crippen molar-refractivity contribution in [3.8, 4) is 6.07 Å². The highest BCUT2D eigenvalue weighted by Crippen LogP contribution is 2.38. The lowest BCUT2D eigenvalue weighted by Gasteiger charge is -2.20. The minimum absolute atomic E-state index is 0.0726. The monoisotopic (exact) mass is 445 g/mol. The first kappa shape index (κ1) is 21.0. The van der Waals surface area contributed by atoms with Crippen molar-refractivity contribution in [1.29, 1.82) is 5.26 Å². The molecule has 4 rings (SSSR count). The number of hydrogen-bond acceptors (Lipinski definition) is 6. The molecule has 2 aromatic rings. The summed E-state index contributed by atoms with van der Waals surface area (Å²) in [5, 5.41) is 12.8. The predicted molar refractivity (Wildman–Crippen MR) is 114 cm³/mol. The van der Waals surface area contributed by atoms with Crippen molar-refractivity contribution in [2.24, 2.45) is 0 Å². The molecule has 1 aliphatic heterocycles. The van der Waals surface area contributed by atoms with E-state index >= 15 is 0 Å². The molecule has 9 heteroatoms. The summed E-state index contributed by atoms with van der Waals surface area (Å²) in [6.45, 7) is 0.980. The van der Waals surface area contributed by atoms with E-state index in [1.165, 1.54) is 47.0 Å². The standard InChI is InChI=1S/C21H23N3O4S2/c1-24(13-15-4-3-11-28-15)30(26,27)16-9-7-14(8-10-16)20(25)23-21-18(12-22)17-5-2-6-19(17)29-21/h7-10,15H,2-6,11,13H2,1H3,(H,23,25)/t15-/m0/s1. The van der Waals surface area contributed by atoms with E-state index in [9.17, 15) is 18.5 Å². The Balaban J connectivity index is 1.47. The van der Waals surface area contributed by atoms with Gasteiger partial charge in [0.05, 0.1) is 16.6 Å². The largest absolute Gasteiger partial charge is 0.377 e. The summed E-state index contributed by atoms with van der Waals surface area (Å²) in [4.78, 5) is 13.9. The Morgan fingerprint density at radius 3 is 2.73 bits per heavy atom. The number of rotatable bonds is 6. The van der Waals surface area contributed by atoms with Gasteiger partial charge in [-0.1, -0.05) is 0 Å². The normalized spacial score (nSPS) is 18.4. The van der Waals surface area contributed by atoms with Gasteiger partial charge >= 0.3 is 0 Å². The SMILES string of the molecule is CN(C[C@@H]1CCCO1)S(=O)(=O)c1ccc(C(=O)Nc2sc3c(c2C#N)CCC3)cc1. The first-order valence-corrected chi connectivity index (χ1v) is 12.2. The van der Waals surface area contributed by atoms with Gasteiger partial charge in [0.25, 0.3) is 5.91 Å². The number of hydrogen-bond donors (Lipinski definition) is 1. The van der Waals surface area contributed by atoms with Crippen LogP contribution in [0.5, 0.6) is 0 Å². The number of sulfonamides is 1. The van der Waals surface area contributed by atoms with Crippen molar-refractivity contribution in [3.63, 3.8) is 0 Å². The number of amides is 1. The van der Waals surface area contributed by atoms with Crippen molar-refractivity contribution in [2.75, 3.05) is 25.5 Å². The van der Waals surface area contributed by atoms with Crippen LogP contribution in [-0.2, 0) is 27.6 Å². The van der Waals surface area contributed by atoms with Gasteiger partial charge in [0.2, 0.25) is 10.0 Å². The second-order valence-electron chi connectivity index (χ2n) is 7.57. The maximum atomic E-state index is 12.8. The third-order valence-electron chi connectivity index (χ3n) is 5.57. The van der Waals surface area contributed by atoms with Crippen LogP contribution < -0.4 is 5.32 Å². The Hall–Kier alpha value is -2.25. The molecular weight excluding hydrogens is 422 g/mol. The minimum Gasteiger partial charge on any atom is -0.377 e. The van der Waals surface area contributed by atoms with Crippen LogP contribution in [0.1, 0.15) is 45.6 Å². The Morgan fingerprint density at radius 1 is 1.30 bits per heavy atom. The van der Waals surface area contributed by atoms with E-state index in [0.717, 1.165) is 42.5 Å². The number of aryl methyl sites for hydroxylation is 1. The molecule has 0 spiro atoms. The number of thiophene rings is 1. The van der Waals surface area contributed by atoms with Crippen LogP contribution in [0.2, 0.25) is 0 Å². The van der Waals surface area contributed by atoms with Crippen LogP contribution in [0.3, 0.4) is 0 Å². The molecule has 1 aromatic carbocycles. The maximum absolute atomic E-state index is 12.8. The molecular formula is C21H23N3O4S2. The van der Waals surface area contributed by atoms with Gasteiger partial charge < -0.3 is 10.1 Å². The number of fused-ring (bicyclic) bond motifs is 1. The fourth-order valence-electron chi connectivity index (χ4n) is 3.92. The Bertz CT molecular complexity index is 1090. The molecule has 1 aliphatic carbocycles. The van der Waals surface area contributed by atoms with Crippen LogP contribution in [-0.4, -0.2) is 44.9 Å². The Morgan fingerprint density at radius 2 is 2.07 bits per heavy atom. The van der Waals surface area contributed by atoms with Gasteiger partial charge in [-0.2, -0.15) is 9.57 Å². The van der Waals surface area contributed by atoms with E-state index in [1.54, 1.807) is 0 Å². The number of nitrogens with one attached hydrogen (secondary N) is 1. The van der Waals surface area contributed by atoms with Crippen LogP contribution >= 0.6 is 11.3 Å².